The molecule has 4 heteroatoms. The highest BCUT2D eigenvalue weighted by Crippen LogP contribution is 2.30. The molecule has 0 unspecified atom stereocenters. The smallest absolute Gasteiger partial charge is 0.101 e. The van der Waals surface area contributed by atoms with Crippen molar-refractivity contribution in [2.24, 2.45) is 0 Å². The van der Waals surface area contributed by atoms with Crippen LogP contribution in [0.25, 0.3) is 0 Å². The van der Waals surface area contributed by atoms with Gasteiger partial charge in [0.15, 0.2) is 0 Å². The molecule has 2 N–H and O–H groups in total. The number of halogens is 1. The van der Waals surface area contributed by atoms with Gasteiger partial charge in [-0.15, -0.1) is 0 Å². The van der Waals surface area contributed by atoms with Gasteiger partial charge in [-0.25, -0.2) is 0 Å². The first-order valence-electron chi connectivity index (χ1n) is 8.14. The molecule has 0 aromatic heterocycles. The van der Waals surface area contributed by atoms with E-state index in [4.69, 9.17) is 4.74 Å². The summed E-state index contributed by atoms with van der Waals surface area (Å²) < 4.78 is 6.49. The molecule has 1 aliphatic heterocycles. The third-order valence-corrected chi connectivity index (χ3v) is 5.06. The van der Waals surface area contributed by atoms with Gasteiger partial charge in [0.2, 0.25) is 0 Å². The van der Waals surface area contributed by atoms with E-state index in [-0.39, 0.29) is 5.92 Å². The van der Waals surface area contributed by atoms with Gasteiger partial charge in [-0.3, -0.25) is 0 Å². The molecule has 122 valence electrons. The number of aliphatic hydroxyl groups is 1. The lowest BCUT2D eigenvalue weighted by molar-refractivity contribution is -0.909. The summed E-state index contributed by atoms with van der Waals surface area (Å²) >= 11 is 3.46. The van der Waals surface area contributed by atoms with Crippen LogP contribution in [-0.4, -0.2) is 38.0 Å². The molecule has 2 aromatic carbocycles. The maximum absolute atomic E-state index is 11.0. The van der Waals surface area contributed by atoms with Crippen LogP contribution in [0.15, 0.2) is 59.1 Å². The van der Waals surface area contributed by atoms with E-state index in [1.807, 2.05) is 42.5 Å². The predicted molar refractivity (Wildman–Crippen MR) is 94.7 cm³/mol. The van der Waals surface area contributed by atoms with E-state index in [1.165, 1.54) is 10.5 Å². The number of nitrogens with one attached hydrogen (secondary N) is 1. The Balaban J connectivity index is 1.83. The molecule has 0 amide bonds. The minimum absolute atomic E-state index is 0.0884. The van der Waals surface area contributed by atoms with Crippen molar-refractivity contribution in [2.45, 2.75) is 12.0 Å². The van der Waals surface area contributed by atoms with Crippen LogP contribution >= 0.6 is 15.9 Å². The molecule has 3 rings (SSSR count). The molecule has 2 atom stereocenters. The number of ether oxygens (including phenoxy) is 1. The summed E-state index contributed by atoms with van der Waals surface area (Å²) in [7, 11) is 0. The number of aliphatic hydroxyl groups excluding tert-OH is 1. The normalized spacial score (nSPS) is 18.5. The molecule has 1 heterocycles. The molecule has 1 aliphatic rings. The first-order chi connectivity index (χ1) is 11.2. The van der Waals surface area contributed by atoms with Crippen LogP contribution in [0.3, 0.4) is 0 Å². The Morgan fingerprint density at radius 2 is 1.61 bits per heavy atom. The third-order valence-electron chi connectivity index (χ3n) is 4.53. The average molecular weight is 377 g/mol. The SMILES string of the molecule is O[C@@H](c1ccc(Br)cc1)[C@@H](C[NH+]1CCOCC1)c1ccccc1. The summed E-state index contributed by atoms with van der Waals surface area (Å²) in [6, 6.07) is 18.3. The van der Waals surface area contributed by atoms with Crippen molar-refractivity contribution in [1.82, 2.24) is 0 Å². The number of quaternary nitrogens is 1. The van der Waals surface area contributed by atoms with Gasteiger partial charge < -0.3 is 14.7 Å². The molecule has 0 saturated carbocycles. The quantitative estimate of drug-likeness (QED) is 0.838. The molecular weight excluding hydrogens is 354 g/mol. The summed E-state index contributed by atoms with van der Waals surface area (Å²) in [6.45, 7) is 4.56. The molecule has 23 heavy (non-hydrogen) atoms. The third kappa shape index (κ3) is 4.42. The first-order valence-corrected chi connectivity index (χ1v) is 8.93. The lowest BCUT2D eigenvalue weighted by Gasteiger charge is -2.30. The zero-order valence-corrected chi connectivity index (χ0v) is 14.7. The topological polar surface area (TPSA) is 33.9 Å². The fourth-order valence-corrected chi connectivity index (χ4v) is 3.44. The van der Waals surface area contributed by atoms with Crippen LogP contribution in [0.4, 0.5) is 0 Å². The fourth-order valence-electron chi connectivity index (χ4n) is 3.18. The van der Waals surface area contributed by atoms with Crippen molar-refractivity contribution in [3.63, 3.8) is 0 Å². The molecule has 0 aliphatic carbocycles. The highest BCUT2D eigenvalue weighted by molar-refractivity contribution is 9.10. The number of hydrogen-bond acceptors (Lipinski definition) is 2. The van der Waals surface area contributed by atoms with Crippen LogP contribution in [-0.2, 0) is 4.74 Å². The Morgan fingerprint density at radius 3 is 2.26 bits per heavy atom. The lowest BCUT2D eigenvalue weighted by Crippen LogP contribution is -3.14. The second-order valence-corrected chi connectivity index (χ2v) is 7.00. The van der Waals surface area contributed by atoms with Gasteiger partial charge in [-0.2, -0.15) is 0 Å². The van der Waals surface area contributed by atoms with E-state index in [0.29, 0.717) is 0 Å². The van der Waals surface area contributed by atoms with Crippen molar-refractivity contribution in [1.29, 1.82) is 0 Å². The Labute approximate surface area is 146 Å². The fraction of sp³-hybridized carbons (Fsp3) is 0.368. The first kappa shape index (κ1) is 16.7. The van der Waals surface area contributed by atoms with E-state index >= 15 is 0 Å². The van der Waals surface area contributed by atoms with Crippen molar-refractivity contribution in [3.05, 3.63) is 70.2 Å². The summed E-state index contributed by atoms with van der Waals surface area (Å²) in [6.07, 6.45) is -0.499. The average Bonchev–Trinajstić information content (AvgIpc) is 2.61. The number of benzene rings is 2. The van der Waals surface area contributed by atoms with Crippen molar-refractivity contribution >= 4 is 15.9 Å². The Hall–Kier alpha value is -1.20. The van der Waals surface area contributed by atoms with Gasteiger partial charge in [0, 0.05) is 4.47 Å². The molecule has 1 fully saturated rings. The van der Waals surface area contributed by atoms with Gasteiger partial charge >= 0.3 is 0 Å². The molecular formula is C19H23BrNO2+. The van der Waals surface area contributed by atoms with E-state index < -0.39 is 6.10 Å². The van der Waals surface area contributed by atoms with Gasteiger partial charge in [-0.1, -0.05) is 58.4 Å². The molecule has 0 spiro atoms. The minimum atomic E-state index is -0.499. The minimum Gasteiger partial charge on any atom is -0.388 e. The Bertz CT molecular complexity index is 597. The summed E-state index contributed by atoms with van der Waals surface area (Å²) in [5.74, 6) is 0.0884. The van der Waals surface area contributed by atoms with E-state index in [1.54, 1.807) is 0 Å². The summed E-state index contributed by atoms with van der Waals surface area (Å²) in [4.78, 5) is 1.50. The second-order valence-electron chi connectivity index (χ2n) is 6.08. The van der Waals surface area contributed by atoms with E-state index in [9.17, 15) is 5.11 Å². The van der Waals surface area contributed by atoms with E-state index in [0.717, 1.165) is 42.9 Å². The zero-order valence-electron chi connectivity index (χ0n) is 13.1. The van der Waals surface area contributed by atoms with Gasteiger partial charge in [0.05, 0.1) is 31.8 Å². The molecule has 2 aromatic rings. The van der Waals surface area contributed by atoms with Crippen LogP contribution in [0.1, 0.15) is 23.1 Å². The summed E-state index contributed by atoms with van der Waals surface area (Å²) in [5, 5.41) is 11.0. The predicted octanol–water partition coefficient (Wildman–Crippen LogP) is 2.18. The van der Waals surface area contributed by atoms with Crippen molar-refractivity contribution in [2.75, 3.05) is 32.8 Å². The van der Waals surface area contributed by atoms with Crippen molar-refractivity contribution < 1.29 is 14.7 Å². The highest BCUT2D eigenvalue weighted by Gasteiger charge is 2.28. The van der Waals surface area contributed by atoms with Gasteiger partial charge in [0.1, 0.15) is 13.1 Å². The number of morpholine rings is 1. The molecule has 0 radical (unpaired) electrons. The lowest BCUT2D eigenvalue weighted by atomic mass is 9.88. The zero-order chi connectivity index (χ0) is 16.1. The summed E-state index contributed by atoms with van der Waals surface area (Å²) in [5.41, 5.74) is 2.16. The number of hydrogen-bond donors (Lipinski definition) is 2. The Kier molecular flexibility index (Phi) is 5.84. The Morgan fingerprint density at radius 1 is 0.957 bits per heavy atom. The van der Waals surface area contributed by atoms with Gasteiger partial charge in [-0.05, 0) is 23.3 Å². The maximum atomic E-state index is 11.0. The van der Waals surface area contributed by atoms with Gasteiger partial charge in [0.25, 0.3) is 0 Å². The monoisotopic (exact) mass is 376 g/mol. The standard InChI is InChI=1S/C19H22BrNO2/c20-17-8-6-16(7-9-17)19(22)18(15-4-2-1-3-5-15)14-21-10-12-23-13-11-21/h1-9,18-19,22H,10-14H2/p+1/t18-,19-/m0/s1. The molecule has 1 saturated heterocycles. The second kappa shape index (κ2) is 8.06. The van der Waals surface area contributed by atoms with Crippen LogP contribution < -0.4 is 4.90 Å². The van der Waals surface area contributed by atoms with Crippen LogP contribution in [0, 0.1) is 0 Å². The number of rotatable bonds is 5. The molecule has 3 nitrogen and oxygen atoms in total. The largest absolute Gasteiger partial charge is 0.388 e. The highest BCUT2D eigenvalue weighted by atomic mass is 79.9. The molecule has 0 bridgehead atoms. The maximum Gasteiger partial charge on any atom is 0.101 e. The van der Waals surface area contributed by atoms with Crippen LogP contribution in [0.5, 0.6) is 0 Å². The van der Waals surface area contributed by atoms with Crippen molar-refractivity contribution in [3.8, 4) is 0 Å². The van der Waals surface area contributed by atoms with Crippen LogP contribution in [0.2, 0.25) is 0 Å². The van der Waals surface area contributed by atoms with E-state index in [2.05, 4.69) is 28.1 Å².